The predicted molar refractivity (Wildman–Crippen MR) is 134 cm³/mol. The van der Waals surface area contributed by atoms with Crippen molar-refractivity contribution >= 4 is 28.3 Å². The monoisotopic (exact) mass is 466 g/mol. The SMILES string of the molecule is CCC(=O)NC1CCC2(CC1)CC(c1cnc3c(c(C)nn3CC)c1NC1CCCCC1)=NO2. The van der Waals surface area contributed by atoms with E-state index in [4.69, 9.17) is 14.9 Å². The number of pyridine rings is 1. The fraction of sp³-hybridized carbons (Fsp3) is 0.692. The van der Waals surface area contributed by atoms with Gasteiger partial charge in [-0.05, 0) is 52.4 Å². The Kier molecular flexibility index (Phi) is 6.49. The maximum atomic E-state index is 11.8. The second kappa shape index (κ2) is 9.55. The number of nitrogens with one attached hydrogen (secondary N) is 2. The normalized spacial score (nSPS) is 25.4. The van der Waals surface area contributed by atoms with Crippen LogP contribution in [0.4, 0.5) is 5.69 Å². The largest absolute Gasteiger partial charge is 0.389 e. The third-order valence-corrected chi connectivity index (χ3v) is 7.92. The molecule has 1 amide bonds. The molecule has 1 aliphatic heterocycles. The molecule has 184 valence electrons. The molecule has 1 spiro atoms. The maximum Gasteiger partial charge on any atom is 0.219 e. The Hall–Kier alpha value is -2.64. The minimum Gasteiger partial charge on any atom is -0.389 e. The number of anilines is 1. The molecule has 2 aliphatic carbocycles. The molecule has 8 nitrogen and oxygen atoms in total. The van der Waals surface area contributed by atoms with Gasteiger partial charge in [-0.2, -0.15) is 5.10 Å². The predicted octanol–water partition coefficient (Wildman–Crippen LogP) is 4.84. The standard InChI is InChI=1S/C26H38N6O2/c1-4-22(33)28-19-11-13-26(14-12-19)15-21(31-34-26)20-16-27-25-23(17(3)30-32(25)5-2)24(20)29-18-9-7-6-8-10-18/h16,18-19H,4-15H2,1-3H3,(H,27,29)(H,28,33). The molecule has 0 saturated heterocycles. The number of carbonyl (C=O) groups excluding carboxylic acids is 1. The number of fused-ring (bicyclic) bond motifs is 1. The maximum absolute atomic E-state index is 11.8. The van der Waals surface area contributed by atoms with Crippen LogP contribution in [0.15, 0.2) is 11.4 Å². The van der Waals surface area contributed by atoms with Gasteiger partial charge in [0.05, 0.1) is 22.5 Å². The minimum atomic E-state index is -0.261. The van der Waals surface area contributed by atoms with E-state index in [0.29, 0.717) is 12.5 Å². The number of aryl methyl sites for hydroxylation is 2. The number of rotatable bonds is 6. The zero-order valence-corrected chi connectivity index (χ0v) is 20.8. The highest BCUT2D eigenvalue weighted by Crippen LogP contribution is 2.42. The summed E-state index contributed by atoms with van der Waals surface area (Å²) in [6, 6.07) is 0.715. The van der Waals surface area contributed by atoms with E-state index in [2.05, 4.69) is 29.6 Å². The van der Waals surface area contributed by atoms with Gasteiger partial charge in [0.25, 0.3) is 0 Å². The number of aromatic nitrogens is 3. The lowest BCUT2D eigenvalue weighted by Gasteiger charge is -2.35. The second-order valence-corrected chi connectivity index (χ2v) is 10.3. The first-order valence-electron chi connectivity index (χ1n) is 13.2. The van der Waals surface area contributed by atoms with Crippen molar-refractivity contribution in [3.05, 3.63) is 17.5 Å². The number of hydrogen-bond donors (Lipinski definition) is 2. The first kappa shape index (κ1) is 23.1. The average molecular weight is 467 g/mol. The van der Waals surface area contributed by atoms with Crippen molar-refractivity contribution in [1.82, 2.24) is 20.1 Å². The van der Waals surface area contributed by atoms with Gasteiger partial charge in [0.15, 0.2) is 5.65 Å². The number of hydrogen-bond acceptors (Lipinski definition) is 6. The van der Waals surface area contributed by atoms with Crippen LogP contribution in [-0.2, 0) is 16.2 Å². The lowest BCUT2D eigenvalue weighted by atomic mass is 9.78. The van der Waals surface area contributed by atoms with E-state index >= 15 is 0 Å². The Bertz CT molecular complexity index is 1080. The molecule has 8 heteroatoms. The summed E-state index contributed by atoms with van der Waals surface area (Å²) in [6.07, 6.45) is 13.2. The molecule has 2 saturated carbocycles. The first-order chi connectivity index (χ1) is 16.5. The number of nitrogens with zero attached hydrogens (tertiary/aromatic N) is 4. The van der Waals surface area contributed by atoms with E-state index in [1.165, 1.54) is 32.1 Å². The third kappa shape index (κ3) is 4.39. The van der Waals surface area contributed by atoms with E-state index in [1.54, 1.807) is 0 Å². The molecule has 2 fully saturated rings. The minimum absolute atomic E-state index is 0.131. The summed E-state index contributed by atoms with van der Waals surface area (Å²) in [4.78, 5) is 22.8. The highest BCUT2D eigenvalue weighted by Gasteiger charge is 2.43. The molecule has 5 rings (SSSR count). The van der Waals surface area contributed by atoms with Crippen molar-refractivity contribution in [2.75, 3.05) is 5.32 Å². The van der Waals surface area contributed by atoms with Crippen molar-refractivity contribution in [3.8, 4) is 0 Å². The summed E-state index contributed by atoms with van der Waals surface area (Å²) in [5, 5.41) is 17.5. The van der Waals surface area contributed by atoms with Crippen LogP contribution in [-0.4, -0.2) is 44.1 Å². The van der Waals surface area contributed by atoms with Crippen LogP contribution in [0, 0.1) is 6.92 Å². The quantitative estimate of drug-likeness (QED) is 0.636. The second-order valence-electron chi connectivity index (χ2n) is 10.3. The van der Waals surface area contributed by atoms with Crippen LogP contribution < -0.4 is 10.6 Å². The molecule has 0 bridgehead atoms. The summed E-state index contributed by atoms with van der Waals surface area (Å²) in [7, 11) is 0. The first-order valence-corrected chi connectivity index (χ1v) is 13.2. The number of carbonyl (C=O) groups is 1. The van der Waals surface area contributed by atoms with E-state index in [0.717, 1.165) is 72.3 Å². The van der Waals surface area contributed by atoms with Crippen LogP contribution >= 0.6 is 0 Å². The lowest BCUT2D eigenvalue weighted by Crippen LogP contribution is -2.43. The van der Waals surface area contributed by atoms with Gasteiger partial charge in [0.2, 0.25) is 5.91 Å². The molecule has 3 aliphatic rings. The molecule has 0 aromatic carbocycles. The van der Waals surface area contributed by atoms with Gasteiger partial charge in [0, 0.05) is 43.2 Å². The Labute approximate surface area is 201 Å². The topological polar surface area (TPSA) is 93.4 Å². The molecule has 0 atom stereocenters. The Morgan fingerprint density at radius 2 is 1.91 bits per heavy atom. The van der Waals surface area contributed by atoms with Crippen molar-refractivity contribution in [3.63, 3.8) is 0 Å². The van der Waals surface area contributed by atoms with E-state index in [-0.39, 0.29) is 17.6 Å². The van der Waals surface area contributed by atoms with Gasteiger partial charge < -0.3 is 15.5 Å². The Morgan fingerprint density at radius 1 is 1.15 bits per heavy atom. The van der Waals surface area contributed by atoms with Gasteiger partial charge >= 0.3 is 0 Å². The Morgan fingerprint density at radius 3 is 2.62 bits per heavy atom. The summed E-state index contributed by atoms with van der Waals surface area (Å²) >= 11 is 0. The van der Waals surface area contributed by atoms with Crippen LogP contribution in [0.25, 0.3) is 11.0 Å². The van der Waals surface area contributed by atoms with E-state index in [1.807, 2.05) is 17.8 Å². The molecule has 2 N–H and O–H groups in total. The highest BCUT2D eigenvalue weighted by molar-refractivity contribution is 6.11. The van der Waals surface area contributed by atoms with Gasteiger partial charge in [0.1, 0.15) is 5.60 Å². The number of oxime groups is 1. The van der Waals surface area contributed by atoms with Gasteiger partial charge in [-0.15, -0.1) is 0 Å². The van der Waals surface area contributed by atoms with Crippen molar-refractivity contribution in [1.29, 1.82) is 0 Å². The van der Waals surface area contributed by atoms with Gasteiger partial charge in [-0.25, -0.2) is 9.67 Å². The summed E-state index contributed by atoms with van der Waals surface area (Å²) in [6.45, 7) is 6.87. The molecule has 3 heterocycles. The van der Waals surface area contributed by atoms with Crippen LogP contribution in [0.2, 0.25) is 0 Å². The molecular weight excluding hydrogens is 428 g/mol. The fourth-order valence-corrected chi connectivity index (χ4v) is 5.91. The van der Waals surface area contributed by atoms with Crippen LogP contribution in [0.1, 0.15) is 95.7 Å². The van der Waals surface area contributed by atoms with Crippen LogP contribution in [0.5, 0.6) is 0 Å². The molecule has 0 radical (unpaired) electrons. The average Bonchev–Trinajstić information content (AvgIpc) is 3.42. The molecule has 2 aromatic rings. The summed E-state index contributed by atoms with van der Waals surface area (Å²) < 4.78 is 1.99. The van der Waals surface area contributed by atoms with Crippen molar-refractivity contribution in [2.24, 2.45) is 5.16 Å². The van der Waals surface area contributed by atoms with Crippen molar-refractivity contribution < 1.29 is 9.63 Å². The Balaban J connectivity index is 1.41. The highest BCUT2D eigenvalue weighted by atomic mass is 16.7. The van der Waals surface area contributed by atoms with Crippen LogP contribution in [0.3, 0.4) is 0 Å². The van der Waals surface area contributed by atoms with Crippen molar-refractivity contribution in [2.45, 2.75) is 116 Å². The smallest absolute Gasteiger partial charge is 0.219 e. The summed E-state index contributed by atoms with van der Waals surface area (Å²) in [5.41, 5.74) is 4.83. The molecule has 2 aromatic heterocycles. The van der Waals surface area contributed by atoms with Gasteiger partial charge in [-0.3, -0.25) is 4.79 Å². The number of amides is 1. The zero-order valence-electron chi connectivity index (χ0n) is 20.8. The lowest BCUT2D eigenvalue weighted by molar-refractivity contribution is -0.122. The summed E-state index contributed by atoms with van der Waals surface area (Å²) in [5.74, 6) is 0.131. The zero-order chi connectivity index (χ0) is 23.7. The van der Waals surface area contributed by atoms with Gasteiger partial charge in [-0.1, -0.05) is 31.3 Å². The molecule has 34 heavy (non-hydrogen) atoms. The van der Waals surface area contributed by atoms with E-state index in [9.17, 15) is 4.79 Å². The molecule has 0 unspecified atom stereocenters. The molecular formula is C26H38N6O2. The van der Waals surface area contributed by atoms with E-state index < -0.39 is 0 Å². The third-order valence-electron chi connectivity index (χ3n) is 7.92. The fourth-order valence-electron chi connectivity index (χ4n) is 5.91.